The fourth-order valence-corrected chi connectivity index (χ4v) is 1.52. The maximum absolute atomic E-state index is 11.1. The molecule has 92 valence electrons. The lowest BCUT2D eigenvalue weighted by Gasteiger charge is -2.08. The number of nitrogens with one attached hydrogen (secondary N) is 2. The molecule has 6 nitrogen and oxygen atoms in total. The van der Waals surface area contributed by atoms with Gasteiger partial charge in [-0.05, 0) is 12.1 Å². The second-order valence-corrected chi connectivity index (χ2v) is 3.64. The van der Waals surface area contributed by atoms with Crippen molar-refractivity contribution in [3.63, 3.8) is 0 Å². The molecule has 1 aromatic carbocycles. The number of hydrogen-bond acceptors (Lipinski definition) is 5. The first kappa shape index (κ1) is 13.6. The molecule has 0 aliphatic carbocycles. The lowest BCUT2D eigenvalue weighted by Crippen LogP contribution is -2.27. The van der Waals surface area contributed by atoms with E-state index >= 15 is 0 Å². The maximum Gasteiger partial charge on any atom is 0.438 e. The molecule has 0 atom stereocenters. The molecule has 1 amide bonds. The van der Waals surface area contributed by atoms with E-state index in [1.807, 2.05) is 0 Å². The lowest BCUT2D eigenvalue weighted by molar-refractivity contribution is -0.136. The van der Waals surface area contributed by atoms with Gasteiger partial charge in [0, 0.05) is 0 Å². The van der Waals surface area contributed by atoms with E-state index in [9.17, 15) is 9.59 Å². The van der Waals surface area contributed by atoms with Crippen LogP contribution < -0.4 is 10.8 Å². The number of benzene rings is 1. The third-order valence-electron chi connectivity index (χ3n) is 1.67. The van der Waals surface area contributed by atoms with Gasteiger partial charge in [-0.15, -0.1) is 0 Å². The highest BCUT2D eigenvalue weighted by molar-refractivity contribution is 6.39. The average Bonchev–Trinajstić information content (AvgIpc) is 2.28. The topological polar surface area (TPSA) is 87.7 Å². The van der Waals surface area contributed by atoms with Crippen molar-refractivity contribution in [2.24, 2.45) is 0 Å². The Bertz CT molecular complexity index is 419. The summed E-state index contributed by atoms with van der Waals surface area (Å²) in [5, 5.41) is 11.4. The van der Waals surface area contributed by atoms with Gasteiger partial charge < -0.3 is 10.1 Å². The van der Waals surface area contributed by atoms with Crippen molar-refractivity contribution in [1.82, 2.24) is 5.48 Å². The smallest absolute Gasteiger partial charge is 0.373 e. The quantitative estimate of drug-likeness (QED) is 0.341. The summed E-state index contributed by atoms with van der Waals surface area (Å²) in [6, 6.07) is 4.82. The number of halogens is 2. The van der Waals surface area contributed by atoms with Gasteiger partial charge in [-0.1, -0.05) is 29.3 Å². The number of carbonyl (C=O) groups excluding carboxylic acids is 2. The molecule has 17 heavy (non-hydrogen) atoms. The molecule has 1 aromatic rings. The van der Waals surface area contributed by atoms with Crippen molar-refractivity contribution < 1.29 is 19.5 Å². The first-order valence-corrected chi connectivity index (χ1v) is 5.13. The molecule has 3 N–H and O–H groups in total. The van der Waals surface area contributed by atoms with E-state index in [0.717, 1.165) is 5.48 Å². The highest BCUT2D eigenvalue weighted by Gasteiger charge is 2.11. The van der Waals surface area contributed by atoms with Crippen LogP contribution in [-0.2, 0) is 9.53 Å². The molecular formula is C9H8Cl2N2O4. The Hall–Kier alpha value is -1.50. The SMILES string of the molecule is O=C(CNc1c(Cl)cccc1Cl)OC(=O)NO. The molecular weight excluding hydrogens is 271 g/mol. The van der Waals surface area contributed by atoms with Gasteiger partial charge in [0.05, 0.1) is 15.7 Å². The number of ether oxygens (including phenoxy) is 1. The molecule has 0 saturated carbocycles. The Kier molecular flexibility index (Phi) is 5.02. The Morgan fingerprint density at radius 1 is 1.29 bits per heavy atom. The molecule has 0 heterocycles. The number of rotatable bonds is 3. The number of esters is 1. The summed E-state index contributed by atoms with van der Waals surface area (Å²) in [5.41, 5.74) is 1.51. The van der Waals surface area contributed by atoms with E-state index in [1.54, 1.807) is 18.2 Å². The zero-order valence-corrected chi connectivity index (χ0v) is 9.88. The van der Waals surface area contributed by atoms with Crippen LogP contribution in [0.1, 0.15) is 0 Å². The molecule has 0 radical (unpaired) electrons. The summed E-state index contributed by atoms with van der Waals surface area (Å²) >= 11 is 11.7. The van der Waals surface area contributed by atoms with Gasteiger partial charge in [-0.25, -0.2) is 15.1 Å². The second kappa shape index (κ2) is 6.29. The van der Waals surface area contributed by atoms with Gasteiger partial charge in [0.15, 0.2) is 0 Å². The fraction of sp³-hybridized carbons (Fsp3) is 0.111. The Balaban J connectivity index is 2.56. The molecule has 8 heteroatoms. The molecule has 0 aliphatic rings. The van der Waals surface area contributed by atoms with Crippen molar-refractivity contribution in [2.45, 2.75) is 0 Å². The van der Waals surface area contributed by atoms with E-state index in [-0.39, 0.29) is 6.54 Å². The van der Waals surface area contributed by atoms with Crippen LogP contribution in [0.15, 0.2) is 18.2 Å². The monoisotopic (exact) mass is 278 g/mol. The van der Waals surface area contributed by atoms with Gasteiger partial charge in [-0.3, -0.25) is 5.21 Å². The molecule has 1 rings (SSSR count). The summed E-state index contributed by atoms with van der Waals surface area (Å²) in [7, 11) is 0. The number of hydrogen-bond donors (Lipinski definition) is 3. The fourth-order valence-electron chi connectivity index (χ4n) is 0.990. The molecule has 0 bridgehead atoms. The summed E-state index contributed by atoms with van der Waals surface area (Å²) in [6.07, 6.45) is -1.26. The van der Waals surface area contributed by atoms with Gasteiger partial charge in [0.1, 0.15) is 6.54 Å². The highest BCUT2D eigenvalue weighted by atomic mass is 35.5. The average molecular weight is 279 g/mol. The van der Waals surface area contributed by atoms with Gasteiger partial charge >= 0.3 is 12.1 Å². The summed E-state index contributed by atoms with van der Waals surface area (Å²) in [6.45, 7) is -0.323. The van der Waals surface area contributed by atoms with Crippen LogP contribution in [0, 0.1) is 0 Å². The second-order valence-electron chi connectivity index (χ2n) is 2.82. The van der Waals surface area contributed by atoms with Crippen LogP contribution in [0.25, 0.3) is 0 Å². The molecule has 0 saturated heterocycles. The predicted molar refractivity (Wildman–Crippen MR) is 61.4 cm³/mol. The normalized spacial score (nSPS) is 9.59. The van der Waals surface area contributed by atoms with E-state index < -0.39 is 12.1 Å². The molecule has 0 unspecified atom stereocenters. The van der Waals surface area contributed by atoms with E-state index in [0.29, 0.717) is 15.7 Å². The van der Waals surface area contributed by atoms with Crippen LogP contribution >= 0.6 is 23.2 Å². The molecule has 0 aliphatic heterocycles. The van der Waals surface area contributed by atoms with Crippen molar-refractivity contribution in [2.75, 3.05) is 11.9 Å². The summed E-state index contributed by atoms with van der Waals surface area (Å²) in [4.78, 5) is 21.5. The summed E-state index contributed by atoms with van der Waals surface area (Å²) < 4.78 is 4.11. The van der Waals surface area contributed by atoms with Crippen molar-refractivity contribution in [3.8, 4) is 0 Å². The Labute approximate surface area is 106 Å². The highest BCUT2D eigenvalue weighted by Crippen LogP contribution is 2.29. The zero-order valence-electron chi connectivity index (χ0n) is 8.37. The number of anilines is 1. The van der Waals surface area contributed by atoms with Crippen molar-refractivity contribution >= 4 is 41.0 Å². The van der Waals surface area contributed by atoms with Crippen molar-refractivity contribution in [1.29, 1.82) is 0 Å². The number of para-hydroxylation sites is 1. The Morgan fingerprint density at radius 2 is 1.88 bits per heavy atom. The third-order valence-corrected chi connectivity index (χ3v) is 2.30. The van der Waals surface area contributed by atoms with Gasteiger partial charge in [-0.2, -0.15) is 0 Å². The largest absolute Gasteiger partial charge is 0.438 e. The minimum atomic E-state index is -1.26. The van der Waals surface area contributed by atoms with Crippen LogP contribution in [0.2, 0.25) is 10.0 Å². The van der Waals surface area contributed by atoms with Crippen LogP contribution in [0.4, 0.5) is 10.5 Å². The predicted octanol–water partition coefficient (Wildman–Crippen LogP) is 2.05. The minimum Gasteiger partial charge on any atom is -0.373 e. The van der Waals surface area contributed by atoms with E-state index in [2.05, 4.69) is 10.1 Å². The first-order chi connectivity index (χ1) is 8.04. The van der Waals surface area contributed by atoms with E-state index in [1.165, 1.54) is 0 Å². The maximum atomic E-state index is 11.1. The molecule has 0 aromatic heterocycles. The zero-order chi connectivity index (χ0) is 12.8. The van der Waals surface area contributed by atoms with Crippen LogP contribution in [-0.4, -0.2) is 23.8 Å². The third kappa shape index (κ3) is 4.10. The van der Waals surface area contributed by atoms with E-state index in [4.69, 9.17) is 28.4 Å². The molecule has 0 fully saturated rings. The van der Waals surface area contributed by atoms with Crippen LogP contribution in [0.3, 0.4) is 0 Å². The van der Waals surface area contributed by atoms with Gasteiger partial charge in [0.2, 0.25) is 0 Å². The number of amides is 1. The number of carbonyl (C=O) groups is 2. The van der Waals surface area contributed by atoms with Crippen LogP contribution in [0.5, 0.6) is 0 Å². The Morgan fingerprint density at radius 3 is 2.41 bits per heavy atom. The lowest BCUT2D eigenvalue weighted by atomic mass is 10.3. The van der Waals surface area contributed by atoms with Gasteiger partial charge in [0.25, 0.3) is 0 Å². The minimum absolute atomic E-state index is 0.323. The number of hydroxylamine groups is 1. The summed E-state index contributed by atoms with van der Waals surface area (Å²) in [5.74, 6) is -0.896. The first-order valence-electron chi connectivity index (χ1n) is 4.37. The standard InChI is InChI=1S/C9H8Cl2N2O4/c10-5-2-1-3-6(11)8(5)12-4-7(14)17-9(15)13-16/h1-3,12,16H,4H2,(H,13,15). The molecule has 0 spiro atoms. The van der Waals surface area contributed by atoms with Crippen molar-refractivity contribution in [3.05, 3.63) is 28.2 Å².